The Hall–Kier alpha value is -2.91. The average Bonchev–Trinajstić information content (AvgIpc) is 3.35. The maximum Gasteiger partial charge on any atom is 0.409 e. The van der Waals surface area contributed by atoms with Crippen LogP contribution in [0.2, 0.25) is 0 Å². The van der Waals surface area contributed by atoms with Gasteiger partial charge < -0.3 is 14.2 Å². The lowest BCUT2D eigenvalue weighted by molar-refractivity contribution is -0.0788. The zero-order valence-corrected chi connectivity index (χ0v) is 19.9. The minimum Gasteiger partial charge on any atom is -0.465 e. The van der Waals surface area contributed by atoms with Crippen LogP contribution in [0.3, 0.4) is 0 Å². The van der Waals surface area contributed by atoms with Gasteiger partial charge in [-0.05, 0) is 23.3 Å². The number of hydrogen-bond donors (Lipinski definition) is 1. The van der Waals surface area contributed by atoms with E-state index in [1.165, 1.54) is 19.8 Å². The Labute approximate surface area is 196 Å². The number of carbonyl (C=O) groups excluding carboxylic acids is 1. The van der Waals surface area contributed by atoms with Gasteiger partial charge in [0.2, 0.25) is 6.23 Å². The molecule has 1 heterocycles. The van der Waals surface area contributed by atoms with Gasteiger partial charge in [-0.25, -0.2) is 14.5 Å². The summed E-state index contributed by atoms with van der Waals surface area (Å²) in [4.78, 5) is 16.4. The first-order valence-electron chi connectivity index (χ1n) is 10.1. The fourth-order valence-electron chi connectivity index (χ4n) is 3.07. The van der Waals surface area contributed by atoms with Gasteiger partial charge in [0, 0.05) is 17.9 Å². The topological polar surface area (TPSA) is 87.5 Å². The predicted octanol–water partition coefficient (Wildman–Crippen LogP) is 4.64. The van der Waals surface area contributed by atoms with Gasteiger partial charge in [-0.2, -0.15) is 5.10 Å². The fourth-order valence-corrected chi connectivity index (χ4v) is 3.39. The van der Waals surface area contributed by atoms with Gasteiger partial charge >= 0.3 is 6.09 Å². The number of amides is 1. The second-order valence-electron chi connectivity index (χ2n) is 7.83. The van der Waals surface area contributed by atoms with E-state index in [0.717, 1.165) is 11.1 Å². The first-order valence-corrected chi connectivity index (χ1v) is 11.2. The molecule has 0 saturated carbocycles. The summed E-state index contributed by atoms with van der Waals surface area (Å²) < 4.78 is 18.5. The van der Waals surface area contributed by atoms with Crippen LogP contribution in [0.5, 0.6) is 5.75 Å². The smallest absolute Gasteiger partial charge is 0.409 e. The normalized spacial score (nSPS) is 13.2. The summed E-state index contributed by atoms with van der Waals surface area (Å²) in [7, 11) is 1.49. The molecule has 1 N–H and O–H groups in total. The highest BCUT2D eigenvalue weighted by atomic mass is 79.9. The fraction of sp³-hybridized carbons (Fsp3) is 0.348. The molecule has 2 unspecified atom stereocenters. The summed E-state index contributed by atoms with van der Waals surface area (Å²) in [6.07, 6.45) is 0.892. The first-order chi connectivity index (χ1) is 15.4. The van der Waals surface area contributed by atoms with Crippen molar-refractivity contribution in [3.63, 3.8) is 0 Å². The number of aromatic nitrogens is 3. The van der Waals surface area contributed by atoms with E-state index in [0.29, 0.717) is 11.1 Å². The molecule has 0 bridgehead atoms. The Morgan fingerprint density at radius 1 is 1.12 bits per heavy atom. The number of benzene rings is 2. The molecule has 3 rings (SSSR count). The highest BCUT2D eigenvalue weighted by molar-refractivity contribution is 9.09. The van der Waals surface area contributed by atoms with Gasteiger partial charge in [0.1, 0.15) is 25.1 Å². The zero-order valence-electron chi connectivity index (χ0n) is 18.3. The van der Waals surface area contributed by atoms with E-state index in [1.54, 1.807) is 4.68 Å². The third-order valence-corrected chi connectivity index (χ3v) is 6.33. The third kappa shape index (κ3) is 6.08. The molecule has 0 aliphatic heterocycles. The van der Waals surface area contributed by atoms with E-state index in [2.05, 4.69) is 43.5 Å². The average molecular weight is 503 g/mol. The highest BCUT2D eigenvalue weighted by Crippen LogP contribution is 2.35. The van der Waals surface area contributed by atoms with E-state index < -0.39 is 23.8 Å². The maximum absolute atomic E-state index is 12.4. The molecule has 0 radical (unpaired) electrons. The Bertz CT molecular complexity index is 965. The summed E-state index contributed by atoms with van der Waals surface area (Å²) in [6.45, 7) is 3.99. The van der Waals surface area contributed by atoms with Crippen molar-refractivity contribution >= 4 is 22.0 Å². The summed E-state index contributed by atoms with van der Waals surface area (Å²) >= 11 is 3.53. The Balaban J connectivity index is 1.88. The number of hydrogen-bond acceptors (Lipinski definition) is 6. The van der Waals surface area contributed by atoms with E-state index >= 15 is 0 Å². The molecule has 0 fully saturated rings. The Morgan fingerprint density at radius 2 is 1.81 bits per heavy atom. The lowest BCUT2D eigenvalue weighted by atomic mass is 9.87. The second-order valence-corrected chi connectivity index (χ2v) is 8.39. The Kier molecular flexibility index (Phi) is 8.24. The number of halogens is 1. The highest BCUT2D eigenvalue weighted by Gasteiger charge is 2.41. The molecule has 9 heteroatoms. The molecule has 2 atom stereocenters. The van der Waals surface area contributed by atoms with Crippen molar-refractivity contribution < 1.29 is 19.0 Å². The molecular weight excluding hydrogens is 476 g/mol. The van der Waals surface area contributed by atoms with Gasteiger partial charge in [-0.1, -0.05) is 72.2 Å². The summed E-state index contributed by atoms with van der Waals surface area (Å²) in [5.74, 6) is 0.612. The quantitative estimate of drug-likeness (QED) is 0.320. The zero-order chi connectivity index (χ0) is 23.0. The maximum atomic E-state index is 12.4. The number of carbonyl (C=O) groups is 1. The van der Waals surface area contributed by atoms with Crippen molar-refractivity contribution in [1.29, 1.82) is 0 Å². The van der Waals surface area contributed by atoms with Gasteiger partial charge in [-0.15, -0.1) is 0 Å². The van der Waals surface area contributed by atoms with Crippen molar-refractivity contribution in [2.75, 3.05) is 19.2 Å². The molecular formula is C23H27BrN4O4. The van der Waals surface area contributed by atoms with E-state index in [9.17, 15) is 4.79 Å². The first kappa shape index (κ1) is 23.7. The minimum atomic E-state index is -0.749. The SMILES string of the molecule is COCNC(=O)OC(C(Oc1ccc(-c2ccccc2)cc1)n1cncn1)C(C)(C)CBr. The van der Waals surface area contributed by atoms with E-state index in [4.69, 9.17) is 14.2 Å². The molecule has 0 aliphatic carbocycles. The number of nitrogens with zero attached hydrogens (tertiary/aromatic N) is 3. The van der Waals surface area contributed by atoms with Gasteiger partial charge in [0.15, 0.2) is 6.10 Å². The van der Waals surface area contributed by atoms with Crippen molar-refractivity contribution in [2.24, 2.45) is 5.41 Å². The van der Waals surface area contributed by atoms with Crippen molar-refractivity contribution in [3.8, 4) is 16.9 Å². The van der Waals surface area contributed by atoms with Crippen molar-refractivity contribution in [2.45, 2.75) is 26.2 Å². The van der Waals surface area contributed by atoms with Crippen LogP contribution < -0.4 is 10.1 Å². The number of alkyl carbamates (subject to hydrolysis) is 1. The third-order valence-electron chi connectivity index (χ3n) is 4.88. The number of rotatable bonds is 10. The number of alkyl halides is 1. The molecule has 3 aromatic rings. The van der Waals surface area contributed by atoms with Crippen LogP contribution in [-0.4, -0.2) is 46.1 Å². The number of nitrogens with one attached hydrogen (secondary N) is 1. The van der Waals surface area contributed by atoms with Crippen LogP contribution in [0.1, 0.15) is 20.1 Å². The molecule has 0 aliphatic rings. The summed E-state index contributed by atoms with van der Waals surface area (Å²) in [5, 5.41) is 7.35. The molecule has 2 aromatic carbocycles. The van der Waals surface area contributed by atoms with Gasteiger partial charge in [0.25, 0.3) is 0 Å². The van der Waals surface area contributed by atoms with Crippen LogP contribution in [0.15, 0.2) is 67.3 Å². The lowest BCUT2D eigenvalue weighted by Gasteiger charge is -2.37. The van der Waals surface area contributed by atoms with Crippen LogP contribution in [0.4, 0.5) is 4.79 Å². The molecule has 0 saturated heterocycles. The van der Waals surface area contributed by atoms with E-state index in [-0.39, 0.29) is 6.73 Å². The van der Waals surface area contributed by atoms with Crippen molar-refractivity contribution in [3.05, 3.63) is 67.3 Å². The van der Waals surface area contributed by atoms with Crippen LogP contribution in [0.25, 0.3) is 11.1 Å². The molecule has 8 nitrogen and oxygen atoms in total. The standard InChI is InChI=1S/C23H27BrN4O4/c1-23(2,13-24)20(32-22(29)26-16-30-3)21(28-15-25-14-27-28)31-19-11-9-18(10-12-19)17-7-5-4-6-8-17/h4-12,14-15,20-21H,13,16H2,1-3H3,(H,26,29). The molecule has 32 heavy (non-hydrogen) atoms. The molecule has 170 valence electrons. The molecule has 1 aromatic heterocycles. The van der Waals surface area contributed by atoms with Crippen LogP contribution in [-0.2, 0) is 9.47 Å². The minimum absolute atomic E-state index is 0.0378. The lowest BCUT2D eigenvalue weighted by Crippen LogP contribution is -2.46. The molecule has 0 spiro atoms. The largest absolute Gasteiger partial charge is 0.465 e. The number of methoxy groups -OCH3 is 1. The monoisotopic (exact) mass is 502 g/mol. The predicted molar refractivity (Wildman–Crippen MR) is 124 cm³/mol. The number of ether oxygens (including phenoxy) is 3. The van der Waals surface area contributed by atoms with Crippen molar-refractivity contribution in [1.82, 2.24) is 20.1 Å². The summed E-state index contributed by atoms with van der Waals surface area (Å²) in [6, 6.07) is 17.8. The molecule has 1 amide bonds. The van der Waals surface area contributed by atoms with E-state index in [1.807, 2.05) is 56.3 Å². The second kappa shape index (κ2) is 11.1. The van der Waals surface area contributed by atoms with Gasteiger partial charge in [0.05, 0.1) is 0 Å². The van der Waals surface area contributed by atoms with Crippen LogP contribution >= 0.6 is 15.9 Å². The Morgan fingerprint density at radius 3 is 2.41 bits per heavy atom. The summed E-state index contributed by atoms with van der Waals surface area (Å²) in [5.41, 5.74) is 1.69. The van der Waals surface area contributed by atoms with Crippen LogP contribution in [0, 0.1) is 5.41 Å². The van der Waals surface area contributed by atoms with Gasteiger partial charge in [-0.3, -0.25) is 5.32 Å².